The molecule has 1 aliphatic rings. The average molecular weight is 721 g/mol. The van der Waals surface area contributed by atoms with Gasteiger partial charge in [-0.2, -0.15) is 13.2 Å². The monoisotopic (exact) mass is 721 g/mol. The largest absolute Gasteiger partial charge is 0.400 e. The fourth-order valence-electron chi connectivity index (χ4n) is 5.17. The number of halogens is 3. The Labute approximate surface area is 250 Å². The van der Waals surface area contributed by atoms with E-state index < -0.39 is 11.6 Å². The molecule has 2 nitrogen and oxygen atoms in total. The topological polar surface area (TPSA) is 25.8 Å². The van der Waals surface area contributed by atoms with Gasteiger partial charge in [-0.3, -0.25) is 4.98 Å². The van der Waals surface area contributed by atoms with E-state index in [1.54, 1.807) is 42.6 Å². The van der Waals surface area contributed by atoms with Gasteiger partial charge in [0.05, 0.1) is 10.9 Å². The Morgan fingerprint density at radius 1 is 0.683 bits per heavy atom. The number of fused-ring (bicyclic) bond motifs is 4. The van der Waals surface area contributed by atoms with Gasteiger partial charge in [0.2, 0.25) is 0 Å². The Morgan fingerprint density at radius 3 is 2.20 bits per heavy atom. The maximum atomic E-state index is 14.2. The zero-order valence-corrected chi connectivity index (χ0v) is 24.3. The first-order valence-corrected chi connectivity index (χ1v) is 12.8. The predicted molar refractivity (Wildman–Crippen MR) is 152 cm³/mol. The van der Waals surface area contributed by atoms with Gasteiger partial charge in [0.15, 0.2) is 0 Å². The molecule has 0 saturated heterocycles. The number of pyridine rings is 2. The number of aromatic nitrogens is 2. The third-order valence-corrected chi connectivity index (χ3v) is 7.34. The molecule has 6 heteroatoms. The molecule has 0 N–H and O–H groups in total. The molecular formula is C35H23F3IrN2-2. The van der Waals surface area contributed by atoms with Crippen LogP contribution in [0.4, 0.5) is 13.2 Å². The van der Waals surface area contributed by atoms with Crippen LogP contribution in [0.1, 0.15) is 18.1 Å². The minimum absolute atomic E-state index is 0. The van der Waals surface area contributed by atoms with Gasteiger partial charge in [-0.15, -0.1) is 65.2 Å². The van der Waals surface area contributed by atoms with Gasteiger partial charge in [-0.25, -0.2) is 0 Å². The number of nitrogens with zero attached hydrogens (tertiary/aromatic N) is 2. The Balaban J connectivity index is 0.000000218. The van der Waals surface area contributed by atoms with Crippen LogP contribution in [-0.4, -0.2) is 16.1 Å². The third-order valence-electron chi connectivity index (χ3n) is 7.34. The standard InChI is InChI=1S/C24H15F3N.C11H8N.Ir/c1-23(24(25,26)27)19-8-4-3-7-17(19)18-12-10-16(14-20(18)23)22-13-11-15-6-2-5-9-21(15)28-22;1-2-6-10(7-3-1)11-8-4-5-9-12-11;/h2-9,11-14H,1H3;1-6,8-9H;/q2*-1;. The molecule has 0 aliphatic heterocycles. The van der Waals surface area contributed by atoms with Crippen molar-refractivity contribution < 1.29 is 33.3 Å². The second-order valence-corrected chi connectivity index (χ2v) is 9.72. The molecule has 0 amide bonds. The first-order chi connectivity index (χ1) is 19.4. The summed E-state index contributed by atoms with van der Waals surface area (Å²) in [4.78, 5) is 8.84. The third kappa shape index (κ3) is 5.21. The van der Waals surface area contributed by atoms with Crippen LogP contribution in [0.2, 0.25) is 0 Å². The molecular weight excluding hydrogens is 698 g/mol. The van der Waals surface area contributed by atoms with Crippen LogP contribution >= 0.6 is 0 Å². The molecule has 6 aromatic rings. The summed E-state index contributed by atoms with van der Waals surface area (Å²) in [6.07, 6.45) is -2.63. The number of benzene rings is 4. The number of rotatable bonds is 2. The van der Waals surface area contributed by atoms with Crippen molar-refractivity contribution in [2.24, 2.45) is 0 Å². The summed E-state index contributed by atoms with van der Waals surface area (Å²) < 4.78 is 42.7. The van der Waals surface area contributed by atoms with Crippen LogP contribution in [0.15, 0.2) is 121 Å². The van der Waals surface area contributed by atoms with Gasteiger partial charge in [0, 0.05) is 26.3 Å². The molecule has 1 aliphatic carbocycles. The summed E-state index contributed by atoms with van der Waals surface area (Å²) in [7, 11) is 0. The zero-order chi connectivity index (χ0) is 27.7. The summed E-state index contributed by atoms with van der Waals surface area (Å²) in [6.45, 7) is 1.26. The molecule has 0 fully saturated rings. The summed E-state index contributed by atoms with van der Waals surface area (Å²) >= 11 is 0. The van der Waals surface area contributed by atoms with E-state index in [0.717, 1.165) is 22.2 Å². The van der Waals surface area contributed by atoms with E-state index in [0.29, 0.717) is 22.4 Å². The molecule has 1 unspecified atom stereocenters. The van der Waals surface area contributed by atoms with E-state index in [-0.39, 0.29) is 31.2 Å². The van der Waals surface area contributed by atoms with Gasteiger partial charge in [0.1, 0.15) is 0 Å². The van der Waals surface area contributed by atoms with Gasteiger partial charge in [-0.1, -0.05) is 77.9 Å². The van der Waals surface area contributed by atoms with Crippen LogP contribution < -0.4 is 0 Å². The number of hydrogen-bond acceptors (Lipinski definition) is 2. The first kappa shape index (κ1) is 28.4. The van der Waals surface area contributed by atoms with Crippen molar-refractivity contribution in [3.8, 4) is 33.6 Å². The van der Waals surface area contributed by atoms with Crippen molar-refractivity contribution in [2.45, 2.75) is 18.5 Å². The second-order valence-electron chi connectivity index (χ2n) is 9.72. The van der Waals surface area contributed by atoms with Crippen molar-refractivity contribution in [3.63, 3.8) is 0 Å². The van der Waals surface area contributed by atoms with E-state index >= 15 is 0 Å². The van der Waals surface area contributed by atoms with Crippen LogP contribution in [0.3, 0.4) is 0 Å². The smallest absolute Gasteiger partial charge is 0.305 e. The fourth-order valence-corrected chi connectivity index (χ4v) is 5.17. The summed E-state index contributed by atoms with van der Waals surface area (Å²) in [6, 6.07) is 41.4. The van der Waals surface area contributed by atoms with Crippen LogP contribution in [-0.2, 0) is 25.5 Å². The van der Waals surface area contributed by atoms with Crippen LogP contribution in [0.25, 0.3) is 44.5 Å². The summed E-state index contributed by atoms with van der Waals surface area (Å²) in [5.74, 6) is 0. The van der Waals surface area contributed by atoms with E-state index in [1.807, 2.05) is 78.9 Å². The van der Waals surface area contributed by atoms with E-state index in [4.69, 9.17) is 0 Å². The molecule has 2 heterocycles. The van der Waals surface area contributed by atoms with Crippen LogP contribution in [0, 0.1) is 12.1 Å². The van der Waals surface area contributed by atoms with E-state index in [2.05, 4.69) is 22.1 Å². The molecule has 0 spiro atoms. The van der Waals surface area contributed by atoms with E-state index in [1.165, 1.54) is 6.92 Å². The number of alkyl halides is 3. The van der Waals surface area contributed by atoms with Crippen molar-refractivity contribution in [3.05, 3.63) is 145 Å². The molecule has 1 atom stereocenters. The average Bonchev–Trinajstić information content (AvgIpc) is 3.27. The molecule has 2 aromatic heterocycles. The van der Waals surface area contributed by atoms with Crippen molar-refractivity contribution in [1.29, 1.82) is 0 Å². The Hall–Kier alpha value is -4.12. The molecule has 0 saturated carbocycles. The minimum atomic E-state index is -4.41. The van der Waals surface area contributed by atoms with Crippen molar-refractivity contribution in [2.75, 3.05) is 0 Å². The summed E-state index contributed by atoms with van der Waals surface area (Å²) in [5, 5.41) is 0.986. The fraction of sp³-hybridized carbons (Fsp3) is 0.0857. The van der Waals surface area contributed by atoms with E-state index in [9.17, 15) is 13.2 Å². The summed E-state index contributed by atoms with van der Waals surface area (Å²) in [5.41, 5.74) is 3.67. The van der Waals surface area contributed by atoms with Crippen molar-refractivity contribution in [1.82, 2.24) is 9.97 Å². The molecule has 205 valence electrons. The van der Waals surface area contributed by atoms with Crippen LogP contribution in [0.5, 0.6) is 0 Å². The first-order valence-electron chi connectivity index (χ1n) is 12.8. The molecule has 0 bridgehead atoms. The quantitative estimate of drug-likeness (QED) is 0.167. The molecule has 4 aromatic carbocycles. The minimum Gasteiger partial charge on any atom is -0.305 e. The Kier molecular flexibility index (Phi) is 7.90. The Morgan fingerprint density at radius 2 is 1.44 bits per heavy atom. The predicted octanol–water partition coefficient (Wildman–Crippen LogP) is 9.10. The zero-order valence-electron chi connectivity index (χ0n) is 21.9. The molecule has 7 rings (SSSR count). The Bertz CT molecular complexity index is 1770. The SMILES string of the molecule is CC1(C(F)(F)F)c2ccccc2-c2c[c-]c(-c3ccc4ccccc4n3)cc21.[Ir].[c-]1ccccc1-c1ccccn1. The maximum Gasteiger partial charge on any atom is 0.400 e. The molecule has 41 heavy (non-hydrogen) atoms. The van der Waals surface area contributed by atoms with Gasteiger partial charge in [-0.05, 0) is 41.4 Å². The van der Waals surface area contributed by atoms with Crippen molar-refractivity contribution >= 4 is 10.9 Å². The van der Waals surface area contributed by atoms with Gasteiger partial charge in [0.25, 0.3) is 0 Å². The normalized spacial score (nSPS) is 15.2. The maximum absolute atomic E-state index is 14.2. The number of para-hydroxylation sites is 1. The molecule has 1 radical (unpaired) electrons. The second kappa shape index (κ2) is 11.4. The van der Waals surface area contributed by atoms with Gasteiger partial charge >= 0.3 is 6.18 Å². The van der Waals surface area contributed by atoms with Gasteiger partial charge < -0.3 is 4.98 Å². The number of hydrogen-bond donors (Lipinski definition) is 0.